The zero-order chi connectivity index (χ0) is 45.1. The standard InChI is InChI=1S/C56H98O6/c1-4-7-10-13-16-19-22-25-27-28-29-30-32-34-37-40-43-46-49-55(58)61-52-53(51-60-54(57)48-45-42-39-36-33-24-21-18-15-12-9-6-3)62-56(59)50-47-44-41-38-35-31-26-23-20-17-14-11-8-5-2/h9,12,18,21,29-31,33,35-36,53H,4-8,10-11,13-17,19-20,22-28,32,34,37-52H2,1-3H3/b12-9-,21-18-,30-29-,35-31-,36-33-. The average Bonchev–Trinajstić information content (AvgIpc) is 3.27. The molecule has 0 spiro atoms. The minimum absolute atomic E-state index is 0.0963. The third-order valence-corrected chi connectivity index (χ3v) is 11.2. The van der Waals surface area contributed by atoms with Crippen molar-refractivity contribution in [2.24, 2.45) is 0 Å². The molecule has 358 valence electrons. The highest BCUT2D eigenvalue weighted by molar-refractivity contribution is 5.71. The van der Waals surface area contributed by atoms with Gasteiger partial charge in [-0.1, -0.05) is 197 Å². The van der Waals surface area contributed by atoms with E-state index in [1.165, 1.54) is 122 Å². The monoisotopic (exact) mass is 867 g/mol. The Kier molecular flexibility index (Phi) is 48.4. The lowest BCUT2D eigenvalue weighted by atomic mass is 10.1. The van der Waals surface area contributed by atoms with Crippen molar-refractivity contribution < 1.29 is 28.6 Å². The second-order valence-corrected chi connectivity index (χ2v) is 17.4. The molecule has 1 unspecified atom stereocenters. The van der Waals surface area contributed by atoms with Crippen LogP contribution < -0.4 is 0 Å². The summed E-state index contributed by atoms with van der Waals surface area (Å²) in [4.78, 5) is 37.9. The van der Waals surface area contributed by atoms with Crippen molar-refractivity contribution in [3.8, 4) is 0 Å². The third-order valence-electron chi connectivity index (χ3n) is 11.2. The van der Waals surface area contributed by atoms with Crippen molar-refractivity contribution >= 4 is 17.9 Å². The molecule has 0 aromatic heterocycles. The van der Waals surface area contributed by atoms with Gasteiger partial charge < -0.3 is 14.2 Å². The molecule has 0 N–H and O–H groups in total. The summed E-state index contributed by atoms with van der Waals surface area (Å²) < 4.78 is 16.7. The fourth-order valence-electron chi connectivity index (χ4n) is 7.27. The molecule has 62 heavy (non-hydrogen) atoms. The number of esters is 3. The molecule has 0 fully saturated rings. The van der Waals surface area contributed by atoms with Gasteiger partial charge in [-0.2, -0.15) is 0 Å². The van der Waals surface area contributed by atoms with Gasteiger partial charge in [-0.05, 0) is 103 Å². The Bertz CT molecular complexity index is 1130. The second-order valence-electron chi connectivity index (χ2n) is 17.4. The molecule has 6 nitrogen and oxygen atoms in total. The maximum Gasteiger partial charge on any atom is 0.306 e. The van der Waals surface area contributed by atoms with E-state index in [1.807, 2.05) is 0 Å². The van der Waals surface area contributed by atoms with E-state index >= 15 is 0 Å². The molecule has 0 rings (SSSR count). The van der Waals surface area contributed by atoms with Crippen LogP contribution in [0.25, 0.3) is 0 Å². The number of allylic oxidation sites excluding steroid dienone is 10. The van der Waals surface area contributed by atoms with E-state index in [1.54, 1.807) is 0 Å². The maximum absolute atomic E-state index is 12.8. The first kappa shape index (κ1) is 59.1. The molecule has 0 aliphatic heterocycles. The Morgan fingerprint density at radius 1 is 0.339 bits per heavy atom. The quantitative estimate of drug-likeness (QED) is 0.0262. The Labute approximate surface area is 383 Å². The predicted octanol–water partition coefficient (Wildman–Crippen LogP) is 17.3. The lowest BCUT2D eigenvalue weighted by Crippen LogP contribution is -2.30. The van der Waals surface area contributed by atoms with Crippen LogP contribution in [0.3, 0.4) is 0 Å². The van der Waals surface area contributed by atoms with E-state index in [2.05, 4.69) is 81.5 Å². The molecular weight excluding hydrogens is 769 g/mol. The van der Waals surface area contributed by atoms with Gasteiger partial charge in [-0.15, -0.1) is 0 Å². The van der Waals surface area contributed by atoms with Crippen LogP contribution in [-0.2, 0) is 28.6 Å². The van der Waals surface area contributed by atoms with E-state index < -0.39 is 6.10 Å². The number of carbonyl (C=O) groups excluding carboxylic acids is 3. The van der Waals surface area contributed by atoms with Crippen LogP contribution in [0.5, 0.6) is 0 Å². The summed E-state index contributed by atoms with van der Waals surface area (Å²) in [7, 11) is 0. The Balaban J connectivity index is 4.41. The summed E-state index contributed by atoms with van der Waals surface area (Å²) in [5.41, 5.74) is 0. The Morgan fingerprint density at radius 3 is 1.05 bits per heavy atom. The van der Waals surface area contributed by atoms with Crippen molar-refractivity contribution in [2.45, 2.75) is 264 Å². The van der Waals surface area contributed by atoms with E-state index in [-0.39, 0.29) is 31.1 Å². The largest absolute Gasteiger partial charge is 0.462 e. The van der Waals surface area contributed by atoms with E-state index in [0.29, 0.717) is 19.3 Å². The molecule has 0 saturated heterocycles. The number of hydrogen-bond acceptors (Lipinski definition) is 6. The van der Waals surface area contributed by atoms with Gasteiger partial charge in [-0.3, -0.25) is 14.4 Å². The summed E-state index contributed by atoms with van der Waals surface area (Å²) in [6.45, 7) is 6.47. The molecule has 0 amide bonds. The van der Waals surface area contributed by atoms with Crippen LogP contribution >= 0.6 is 0 Å². The number of hydrogen-bond donors (Lipinski definition) is 0. The molecule has 1 atom stereocenters. The summed E-state index contributed by atoms with van der Waals surface area (Å²) in [6.07, 6.45) is 62.1. The Morgan fingerprint density at radius 2 is 0.629 bits per heavy atom. The zero-order valence-electron chi connectivity index (χ0n) is 40.9. The van der Waals surface area contributed by atoms with Crippen molar-refractivity contribution in [3.63, 3.8) is 0 Å². The SMILES string of the molecule is CC/C=C\C/C=C\C/C=C\CCCCC(=O)OCC(COC(=O)CCCCCCC/C=C\CCCCCCCCCCC)OC(=O)CCCCC/C=C\CCCCCCCCC. The molecule has 0 saturated carbocycles. The smallest absolute Gasteiger partial charge is 0.306 e. The molecule has 0 aromatic carbocycles. The lowest BCUT2D eigenvalue weighted by molar-refractivity contribution is -0.167. The molecule has 0 radical (unpaired) electrons. The summed E-state index contributed by atoms with van der Waals surface area (Å²) in [5, 5.41) is 0. The number of unbranched alkanes of at least 4 members (excludes halogenated alkanes) is 26. The molecule has 0 heterocycles. The van der Waals surface area contributed by atoms with Gasteiger partial charge in [0.1, 0.15) is 13.2 Å². The first-order valence-corrected chi connectivity index (χ1v) is 26.3. The first-order valence-electron chi connectivity index (χ1n) is 26.3. The molecule has 0 aliphatic carbocycles. The fraction of sp³-hybridized carbons (Fsp3) is 0.768. The summed E-state index contributed by atoms with van der Waals surface area (Å²) in [6, 6.07) is 0. The van der Waals surface area contributed by atoms with E-state index in [4.69, 9.17) is 14.2 Å². The third kappa shape index (κ3) is 48.1. The van der Waals surface area contributed by atoms with Gasteiger partial charge in [0.25, 0.3) is 0 Å². The van der Waals surface area contributed by atoms with Crippen LogP contribution in [0.15, 0.2) is 60.8 Å². The van der Waals surface area contributed by atoms with Gasteiger partial charge in [0.2, 0.25) is 0 Å². The lowest BCUT2D eigenvalue weighted by Gasteiger charge is -2.18. The van der Waals surface area contributed by atoms with Gasteiger partial charge in [-0.25, -0.2) is 0 Å². The van der Waals surface area contributed by atoms with Crippen LogP contribution in [-0.4, -0.2) is 37.2 Å². The van der Waals surface area contributed by atoms with Crippen LogP contribution in [0.4, 0.5) is 0 Å². The highest BCUT2D eigenvalue weighted by Crippen LogP contribution is 2.14. The van der Waals surface area contributed by atoms with Gasteiger partial charge in [0.15, 0.2) is 6.10 Å². The van der Waals surface area contributed by atoms with Crippen molar-refractivity contribution in [1.82, 2.24) is 0 Å². The normalized spacial score (nSPS) is 12.5. The van der Waals surface area contributed by atoms with Crippen molar-refractivity contribution in [2.75, 3.05) is 13.2 Å². The molecular formula is C56H98O6. The van der Waals surface area contributed by atoms with Crippen molar-refractivity contribution in [3.05, 3.63) is 60.8 Å². The van der Waals surface area contributed by atoms with Crippen molar-refractivity contribution in [1.29, 1.82) is 0 Å². The minimum atomic E-state index is -0.799. The van der Waals surface area contributed by atoms with Gasteiger partial charge in [0.05, 0.1) is 0 Å². The zero-order valence-corrected chi connectivity index (χ0v) is 40.9. The molecule has 0 aliphatic rings. The van der Waals surface area contributed by atoms with Crippen LogP contribution in [0.2, 0.25) is 0 Å². The molecule has 0 aromatic rings. The van der Waals surface area contributed by atoms with E-state index in [9.17, 15) is 14.4 Å². The fourth-order valence-corrected chi connectivity index (χ4v) is 7.27. The average molecular weight is 867 g/mol. The highest BCUT2D eigenvalue weighted by atomic mass is 16.6. The number of ether oxygens (including phenoxy) is 3. The second kappa shape index (κ2) is 50.8. The van der Waals surface area contributed by atoms with Crippen LogP contribution in [0.1, 0.15) is 258 Å². The first-order chi connectivity index (χ1) is 30.5. The molecule has 0 bridgehead atoms. The minimum Gasteiger partial charge on any atom is -0.462 e. The number of carbonyl (C=O) groups is 3. The maximum atomic E-state index is 12.8. The molecule has 6 heteroatoms. The summed E-state index contributed by atoms with van der Waals surface area (Å²) in [5.74, 6) is -0.957. The van der Waals surface area contributed by atoms with Crippen LogP contribution in [0, 0.1) is 0 Å². The highest BCUT2D eigenvalue weighted by Gasteiger charge is 2.19. The topological polar surface area (TPSA) is 78.9 Å². The predicted molar refractivity (Wildman–Crippen MR) is 265 cm³/mol. The van der Waals surface area contributed by atoms with E-state index in [0.717, 1.165) is 96.3 Å². The summed E-state index contributed by atoms with van der Waals surface area (Å²) >= 11 is 0. The Hall–Kier alpha value is -2.89. The van der Waals surface area contributed by atoms with Gasteiger partial charge in [0, 0.05) is 19.3 Å². The van der Waals surface area contributed by atoms with Gasteiger partial charge >= 0.3 is 17.9 Å². The number of rotatable bonds is 47.